The molecule has 0 radical (unpaired) electrons. The smallest absolute Gasteiger partial charge is 0.326 e. The van der Waals surface area contributed by atoms with E-state index in [1.54, 1.807) is 12.3 Å². The largest absolute Gasteiger partial charge is 0.480 e. The predicted molar refractivity (Wildman–Crippen MR) is 73.8 cm³/mol. The Kier molecular flexibility index (Phi) is 3.64. The zero-order valence-electron chi connectivity index (χ0n) is 10.1. The molecular formula is C11H10Cl3N3O2. The summed E-state index contributed by atoms with van der Waals surface area (Å²) in [6.07, 6.45) is 1.61. The highest BCUT2D eigenvalue weighted by Crippen LogP contribution is 2.40. The molecule has 0 spiro atoms. The van der Waals surface area contributed by atoms with Gasteiger partial charge in [0.2, 0.25) is 3.79 Å². The topological polar surface area (TPSA) is 68.0 Å². The van der Waals surface area contributed by atoms with Crippen molar-refractivity contribution in [3.8, 4) is 0 Å². The van der Waals surface area contributed by atoms with Crippen molar-refractivity contribution in [1.82, 2.24) is 14.5 Å². The molecule has 2 heterocycles. The molecule has 2 aromatic rings. The van der Waals surface area contributed by atoms with Crippen molar-refractivity contribution in [2.75, 3.05) is 0 Å². The molecule has 102 valence electrons. The number of fused-ring (bicyclic) bond motifs is 1. The highest BCUT2D eigenvalue weighted by molar-refractivity contribution is 6.66. The van der Waals surface area contributed by atoms with E-state index in [-0.39, 0.29) is 5.82 Å². The number of alkyl halides is 3. The Morgan fingerprint density at radius 1 is 1.47 bits per heavy atom. The van der Waals surface area contributed by atoms with Gasteiger partial charge in [-0.1, -0.05) is 34.8 Å². The Bertz CT molecular complexity index is 648. The average Bonchev–Trinajstić information content (AvgIpc) is 2.65. The molecule has 5 nitrogen and oxygen atoms in total. The number of nitrogens with zero attached hydrogens (tertiary/aromatic N) is 3. The summed E-state index contributed by atoms with van der Waals surface area (Å²) in [7, 11) is 0. The number of aromatic nitrogens is 3. The molecule has 0 fully saturated rings. The molecule has 1 N–H and O–H groups in total. The number of aliphatic carboxylic acids is 1. The number of carboxylic acid groups (broad SMARTS) is 1. The number of hydrogen-bond donors (Lipinski definition) is 1. The van der Waals surface area contributed by atoms with Gasteiger partial charge in [0.25, 0.3) is 0 Å². The summed E-state index contributed by atoms with van der Waals surface area (Å²) < 4.78 is -0.498. The Morgan fingerprint density at radius 3 is 2.63 bits per heavy atom. The van der Waals surface area contributed by atoms with Gasteiger partial charge in [0.1, 0.15) is 11.6 Å². The van der Waals surface area contributed by atoms with Gasteiger partial charge in [0, 0.05) is 6.20 Å². The Balaban J connectivity index is 2.79. The van der Waals surface area contributed by atoms with Gasteiger partial charge in [-0.25, -0.2) is 14.8 Å². The van der Waals surface area contributed by atoms with Crippen LogP contribution < -0.4 is 0 Å². The van der Waals surface area contributed by atoms with Crippen LogP contribution in [-0.2, 0) is 8.59 Å². The summed E-state index contributed by atoms with van der Waals surface area (Å²) in [4.78, 5) is 19.6. The van der Waals surface area contributed by atoms with E-state index in [0.29, 0.717) is 11.2 Å². The van der Waals surface area contributed by atoms with Crippen molar-refractivity contribution in [2.45, 2.75) is 23.7 Å². The van der Waals surface area contributed by atoms with E-state index in [2.05, 4.69) is 9.97 Å². The van der Waals surface area contributed by atoms with E-state index in [1.165, 1.54) is 11.5 Å². The van der Waals surface area contributed by atoms with Crippen LogP contribution in [0.4, 0.5) is 0 Å². The maximum atomic E-state index is 11.2. The van der Waals surface area contributed by atoms with Gasteiger partial charge in [-0.15, -0.1) is 0 Å². The number of carboxylic acids is 1. The lowest BCUT2D eigenvalue weighted by Gasteiger charge is -2.16. The molecule has 1 atom stereocenters. The first-order chi connectivity index (χ1) is 8.71. The second kappa shape index (κ2) is 4.81. The van der Waals surface area contributed by atoms with Gasteiger partial charge in [-0.05, 0) is 25.5 Å². The summed E-state index contributed by atoms with van der Waals surface area (Å²) in [6.45, 7) is 3.33. The molecule has 8 heteroatoms. The highest BCUT2D eigenvalue weighted by Gasteiger charge is 2.34. The summed E-state index contributed by atoms with van der Waals surface area (Å²) in [5.41, 5.74) is 1.76. The SMILES string of the molecule is Cc1cnc2c(c1)nc(C(Cl)(Cl)Cl)n2C(C)C(=O)O. The van der Waals surface area contributed by atoms with Crippen molar-refractivity contribution < 1.29 is 9.90 Å². The lowest BCUT2D eigenvalue weighted by molar-refractivity contribution is -0.140. The van der Waals surface area contributed by atoms with Crippen LogP contribution in [0.5, 0.6) is 0 Å². The Hall–Kier alpha value is -1.04. The molecule has 0 bridgehead atoms. The van der Waals surface area contributed by atoms with Crippen molar-refractivity contribution in [2.24, 2.45) is 0 Å². The van der Waals surface area contributed by atoms with Gasteiger partial charge in [0.15, 0.2) is 11.5 Å². The monoisotopic (exact) mass is 321 g/mol. The fraction of sp³-hybridized carbons (Fsp3) is 0.364. The molecular weight excluding hydrogens is 312 g/mol. The van der Waals surface area contributed by atoms with Crippen LogP contribution in [-0.4, -0.2) is 25.6 Å². The third kappa shape index (κ3) is 2.63. The maximum absolute atomic E-state index is 11.2. The van der Waals surface area contributed by atoms with Crippen LogP contribution in [0, 0.1) is 6.92 Å². The van der Waals surface area contributed by atoms with Gasteiger partial charge in [-0.3, -0.25) is 4.57 Å². The molecule has 2 rings (SSSR count). The van der Waals surface area contributed by atoms with Crippen molar-refractivity contribution in [3.05, 3.63) is 23.7 Å². The number of pyridine rings is 1. The average molecular weight is 323 g/mol. The highest BCUT2D eigenvalue weighted by atomic mass is 35.6. The van der Waals surface area contributed by atoms with Crippen LogP contribution in [0.15, 0.2) is 12.3 Å². The van der Waals surface area contributed by atoms with Gasteiger partial charge >= 0.3 is 5.97 Å². The molecule has 19 heavy (non-hydrogen) atoms. The Morgan fingerprint density at radius 2 is 2.11 bits per heavy atom. The molecule has 0 aromatic carbocycles. The number of rotatable bonds is 2. The van der Waals surface area contributed by atoms with E-state index < -0.39 is 15.8 Å². The Labute approximate surface area is 124 Å². The lowest BCUT2D eigenvalue weighted by Crippen LogP contribution is -2.21. The first-order valence-corrected chi connectivity index (χ1v) is 6.50. The molecule has 0 aliphatic heterocycles. The predicted octanol–water partition coefficient (Wildman–Crippen LogP) is 3.21. The van der Waals surface area contributed by atoms with Gasteiger partial charge in [-0.2, -0.15) is 0 Å². The number of hydrogen-bond acceptors (Lipinski definition) is 3. The van der Waals surface area contributed by atoms with E-state index in [4.69, 9.17) is 39.9 Å². The second-order valence-electron chi connectivity index (χ2n) is 4.17. The van der Waals surface area contributed by atoms with E-state index >= 15 is 0 Å². The summed E-state index contributed by atoms with van der Waals surface area (Å²) >= 11 is 17.6. The minimum absolute atomic E-state index is 0.0421. The minimum atomic E-state index is -1.82. The third-order valence-electron chi connectivity index (χ3n) is 2.66. The van der Waals surface area contributed by atoms with E-state index in [9.17, 15) is 4.79 Å². The van der Waals surface area contributed by atoms with Crippen molar-refractivity contribution in [1.29, 1.82) is 0 Å². The summed E-state index contributed by atoms with van der Waals surface area (Å²) in [5.74, 6) is -1.02. The first-order valence-electron chi connectivity index (χ1n) is 5.36. The van der Waals surface area contributed by atoms with Crippen molar-refractivity contribution >= 4 is 51.9 Å². The molecule has 2 aromatic heterocycles. The van der Waals surface area contributed by atoms with E-state index in [0.717, 1.165) is 5.56 Å². The standard InChI is InChI=1S/C11H10Cl3N3O2/c1-5-3-7-8(15-4-5)17(6(2)9(18)19)10(16-7)11(12,13)14/h3-4,6H,1-2H3,(H,18,19). The molecule has 0 aliphatic carbocycles. The quantitative estimate of drug-likeness (QED) is 0.862. The minimum Gasteiger partial charge on any atom is -0.480 e. The number of carbonyl (C=O) groups is 1. The molecule has 1 unspecified atom stereocenters. The first kappa shape index (κ1) is 14.4. The lowest BCUT2D eigenvalue weighted by atomic mass is 10.3. The molecule has 0 aliphatic rings. The fourth-order valence-corrected chi connectivity index (χ4v) is 2.16. The number of halogens is 3. The zero-order valence-corrected chi connectivity index (χ0v) is 12.3. The molecule has 0 saturated carbocycles. The molecule has 0 amide bonds. The maximum Gasteiger partial charge on any atom is 0.326 e. The second-order valence-corrected chi connectivity index (χ2v) is 6.45. The normalized spacial score (nSPS) is 13.7. The van der Waals surface area contributed by atoms with E-state index in [1.807, 2.05) is 6.92 Å². The zero-order chi connectivity index (χ0) is 14.4. The third-order valence-corrected chi connectivity index (χ3v) is 3.17. The van der Waals surface area contributed by atoms with Crippen LogP contribution in [0.2, 0.25) is 0 Å². The van der Waals surface area contributed by atoms with Crippen LogP contribution >= 0.6 is 34.8 Å². The summed E-state index contributed by atoms with van der Waals surface area (Å²) in [6, 6.07) is 0.818. The fourth-order valence-electron chi connectivity index (χ4n) is 1.76. The number of aryl methyl sites for hydroxylation is 1. The van der Waals surface area contributed by atoms with Gasteiger partial charge in [0.05, 0.1) is 0 Å². The van der Waals surface area contributed by atoms with Crippen LogP contribution in [0.25, 0.3) is 11.2 Å². The van der Waals surface area contributed by atoms with Crippen molar-refractivity contribution in [3.63, 3.8) is 0 Å². The van der Waals surface area contributed by atoms with Crippen LogP contribution in [0.3, 0.4) is 0 Å². The molecule has 0 saturated heterocycles. The number of imidazole rings is 1. The van der Waals surface area contributed by atoms with Gasteiger partial charge < -0.3 is 5.11 Å². The van der Waals surface area contributed by atoms with Crippen LogP contribution in [0.1, 0.15) is 24.4 Å². The summed E-state index contributed by atoms with van der Waals surface area (Å²) in [5, 5.41) is 9.15.